The zero-order valence-electron chi connectivity index (χ0n) is 8.01. The van der Waals surface area contributed by atoms with Crippen molar-refractivity contribution in [1.82, 2.24) is 5.43 Å². The second kappa shape index (κ2) is 4.87. The zero-order chi connectivity index (χ0) is 11.5. The summed E-state index contributed by atoms with van der Waals surface area (Å²) in [7, 11) is 0. The molecule has 0 saturated carbocycles. The normalized spacial score (nSPS) is 13.9. The number of thioether (sulfide) groups is 1. The molecule has 0 aliphatic rings. The van der Waals surface area contributed by atoms with Gasteiger partial charge in [-0.2, -0.15) is 13.2 Å². The van der Waals surface area contributed by atoms with Crippen LogP contribution in [0.5, 0.6) is 0 Å². The molecule has 1 atom stereocenters. The number of nitrogens with one attached hydrogen (secondary N) is 1. The maximum absolute atomic E-state index is 12.0. The topological polar surface area (TPSA) is 38.0 Å². The Morgan fingerprint density at radius 1 is 1.27 bits per heavy atom. The Hall–Kier alpha value is -0.720. The summed E-state index contributed by atoms with van der Waals surface area (Å²) in [6, 6.07) is 6.04. The Morgan fingerprint density at radius 2 is 1.80 bits per heavy atom. The standard InChI is InChI=1S/C9H11F3N2S/c1-6(14-13)7-2-4-8(5-3-7)15-9(10,11)12/h2-6,14H,13H2,1H3/t6-/m1/s1. The van der Waals surface area contributed by atoms with E-state index in [1.54, 1.807) is 12.1 Å². The average molecular weight is 236 g/mol. The molecule has 3 N–H and O–H groups in total. The SMILES string of the molecule is C[C@@H](NN)c1ccc(SC(F)(F)F)cc1. The van der Waals surface area contributed by atoms with Crippen LogP contribution in [0.2, 0.25) is 0 Å². The molecule has 1 aromatic rings. The van der Waals surface area contributed by atoms with Gasteiger partial charge in [-0.15, -0.1) is 0 Å². The molecular weight excluding hydrogens is 225 g/mol. The third kappa shape index (κ3) is 4.11. The number of hydrazine groups is 1. The third-order valence-electron chi connectivity index (χ3n) is 1.86. The first-order valence-corrected chi connectivity index (χ1v) is 5.06. The van der Waals surface area contributed by atoms with Crippen LogP contribution in [-0.2, 0) is 0 Å². The van der Waals surface area contributed by atoms with E-state index >= 15 is 0 Å². The van der Waals surface area contributed by atoms with Gasteiger partial charge in [-0.1, -0.05) is 12.1 Å². The van der Waals surface area contributed by atoms with E-state index in [4.69, 9.17) is 5.84 Å². The summed E-state index contributed by atoms with van der Waals surface area (Å²) in [6.45, 7) is 1.83. The van der Waals surface area contributed by atoms with Gasteiger partial charge in [0.15, 0.2) is 0 Å². The average Bonchev–Trinajstić information content (AvgIpc) is 2.15. The third-order valence-corrected chi connectivity index (χ3v) is 2.60. The van der Waals surface area contributed by atoms with E-state index in [-0.39, 0.29) is 22.7 Å². The maximum Gasteiger partial charge on any atom is 0.446 e. The summed E-state index contributed by atoms with van der Waals surface area (Å²) in [4.78, 5) is 0.176. The monoisotopic (exact) mass is 236 g/mol. The number of hydrogen-bond donors (Lipinski definition) is 2. The number of nitrogens with two attached hydrogens (primary N) is 1. The molecule has 0 unspecified atom stereocenters. The van der Waals surface area contributed by atoms with E-state index in [9.17, 15) is 13.2 Å². The van der Waals surface area contributed by atoms with Gasteiger partial charge >= 0.3 is 5.51 Å². The van der Waals surface area contributed by atoms with E-state index in [1.165, 1.54) is 12.1 Å². The molecule has 0 radical (unpaired) electrons. The van der Waals surface area contributed by atoms with E-state index in [2.05, 4.69) is 5.43 Å². The Labute approximate surface area is 90.0 Å². The number of halogens is 3. The van der Waals surface area contributed by atoms with Crippen molar-refractivity contribution in [3.8, 4) is 0 Å². The van der Waals surface area contributed by atoms with Crippen LogP contribution in [0.25, 0.3) is 0 Å². The van der Waals surface area contributed by atoms with Gasteiger partial charge in [-0.05, 0) is 36.4 Å². The highest BCUT2D eigenvalue weighted by Gasteiger charge is 2.29. The van der Waals surface area contributed by atoms with Gasteiger partial charge in [-0.25, -0.2) is 0 Å². The molecule has 0 amide bonds. The van der Waals surface area contributed by atoms with E-state index in [1.807, 2.05) is 6.92 Å². The summed E-state index contributed by atoms with van der Waals surface area (Å²) in [5.74, 6) is 5.21. The van der Waals surface area contributed by atoms with Crippen LogP contribution in [-0.4, -0.2) is 5.51 Å². The molecule has 0 aromatic heterocycles. The highest BCUT2D eigenvalue weighted by atomic mass is 32.2. The molecule has 0 fully saturated rings. The lowest BCUT2D eigenvalue weighted by Crippen LogP contribution is -2.25. The lowest BCUT2D eigenvalue weighted by Gasteiger charge is -2.11. The van der Waals surface area contributed by atoms with Crippen molar-refractivity contribution in [3.05, 3.63) is 29.8 Å². The summed E-state index contributed by atoms with van der Waals surface area (Å²) >= 11 is -0.123. The van der Waals surface area contributed by atoms with Gasteiger partial charge in [0.25, 0.3) is 0 Å². The molecule has 0 spiro atoms. The van der Waals surface area contributed by atoms with Gasteiger partial charge in [0, 0.05) is 10.9 Å². The molecule has 84 valence electrons. The van der Waals surface area contributed by atoms with Crippen LogP contribution in [0, 0.1) is 0 Å². The summed E-state index contributed by atoms with van der Waals surface area (Å²) < 4.78 is 36.0. The Balaban J connectivity index is 2.72. The minimum Gasteiger partial charge on any atom is -0.271 e. The Morgan fingerprint density at radius 3 is 2.20 bits per heavy atom. The van der Waals surface area contributed by atoms with Crippen LogP contribution < -0.4 is 11.3 Å². The highest BCUT2D eigenvalue weighted by molar-refractivity contribution is 8.00. The minimum absolute atomic E-state index is 0.0741. The zero-order valence-corrected chi connectivity index (χ0v) is 8.82. The molecule has 0 aliphatic heterocycles. The smallest absolute Gasteiger partial charge is 0.271 e. The first-order valence-electron chi connectivity index (χ1n) is 4.24. The van der Waals surface area contributed by atoms with Gasteiger partial charge in [-0.3, -0.25) is 11.3 Å². The lowest BCUT2D eigenvalue weighted by atomic mass is 10.1. The fourth-order valence-electron chi connectivity index (χ4n) is 1.05. The van der Waals surface area contributed by atoms with Crippen LogP contribution >= 0.6 is 11.8 Å². The van der Waals surface area contributed by atoms with Crippen molar-refractivity contribution in [2.45, 2.75) is 23.4 Å². The summed E-state index contributed by atoms with van der Waals surface area (Å²) in [5, 5.41) is 0. The molecule has 0 saturated heterocycles. The van der Waals surface area contributed by atoms with Crippen molar-refractivity contribution in [1.29, 1.82) is 0 Å². The summed E-state index contributed by atoms with van der Waals surface area (Å²) in [5.41, 5.74) is -0.866. The van der Waals surface area contributed by atoms with Crippen molar-refractivity contribution in [3.63, 3.8) is 0 Å². The molecule has 15 heavy (non-hydrogen) atoms. The van der Waals surface area contributed by atoms with Crippen molar-refractivity contribution in [2.75, 3.05) is 0 Å². The largest absolute Gasteiger partial charge is 0.446 e. The molecule has 1 aromatic carbocycles. The van der Waals surface area contributed by atoms with E-state index in [0.717, 1.165) is 5.56 Å². The van der Waals surface area contributed by atoms with Crippen molar-refractivity contribution >= 4 is 11.8 Å². The minimum atomic E-state index is -4.24. The van der Waals surface area contributed by atoms with Gasteiger partial charge in [0.2, 0.25) is 0 Å². The number of benzene rings is 1. The lowest BCUT2D eigenvalue weighted by molar-refractivity contribution is -0.0328. The first kappa shape index (κ1) is 12.4. The number of hydrogen-bond acceptors (Lipinski definition) is 3. The molecule has 6 heteroatoms. The van der Waals surface area contributed by atoms with Gasteiger partial charge in [0.05, 0.1) is 0 Å². The fraction of sp³-hybridized carbons (Fsp3) is 0.333. The van der Waals surface area contributed by atoms with Crippen LogP contribution in [0.15, 0.2) is 29.2 Å². The predicted molar refractivity (Wildman–Crippen MR) is 54.1 cm³/mol. The van der Waals surface area contributed by atoms with E-state index in [0.29, 0.717) is 0 Å². The van der Waals surface area contributed by atoms with Crippen LogP contribution in [0.1, 0.15) is 18.5 Å². The number of rotatable bonds is 3. The molecule has 0 aliphatic carbocycles. The van der Waals surface area contributed by atoms with Crippen LogP contribution in [0.3, 0.4) is 0 Å². The van der Waals surface area contributed by atoms with Crippen molar-refractivity contribution in [2.24, 2.45) is 5.84 Å². The quantitative estimate of drug-likeness (QED) is 0.481. The van der Waals surface area contributed by atoms with E-state index < -0.39 is 5.51 Å². The van der Waals surface area contributed by atoms with Crippen LogP contribution in [0.4, 0.5) is 13.2 Å². The summed E-state index contributed by atoms with van der Waals surface area (Å²) in [6.07, 6.45) is 0. The molecule has 1 rings (SSSR count). The fourth-order valence-corrected chi connectivity index (χ4v) is 1.59. The molecule has 0 bridgehead atoms. The molecular formula is C9H11F3N2S. The van der Waals surface area contributed by atoms with Crippen molar-refractivity contribution < 1.29 is 13.2 Å². The second-order valence-electron chi connectivity index (χ2n) is 3.01. The van der Waals surface area contributed by atoms with Gasteiger partial charge in [0.1, 0.15) is 0 Å². The number of alkyl halides is 3. The highest BCUT2D eigenvalue weighted by Crippen LogP contribution is 2.36. The molecule has 0 heterocycles. The maximum atomic E-state index is 12.0. The first-order chi connectivity index (χ1) is 6.92. The Bertz CT molecular complexity index is 310. The Kier molecular flexibility index (Phi) is 4.01. The predicted octanol–water partition coefficient (Wildman–Crippen LogP) is 2.82. The van der Waals surface area contributed by atoms with Gasteiger partial charge < -0.3 is 0 Å². The second-order valence-corrected chi connectivity index (χ2v) is 4.14. The molecule has 2 nitrogen and oxygen atoms in total.